The van der Waals surface area contributed by atoms with Crippen molar-refractivity contribution in [1.82, 2.24) is 4.90 Å². The fourth-order valence-electron chi connectivity index (χ4n) is 3.10. The molecule has 0 saturated carbocycles. The molecule has 0 saturated heterocycles. The summed E-state index contributed by atoms with van der Waals surface area (Å²) in [5.74, 6) is 0.740. The van der Waals surface area contributed by atoms with E-state index < -0.39 is 23.6 Å². The van der Waals surface area contributed by atoms with Crippen LogP contribution in [0.3, 0.4) is 0 Å². The minimum Gasteiger partial charge on any atom is -0.492 e. The normalized spacial score (nSPS) is 16.2. The molecule has 158 valence electrons. The Kier molecular flexibility index (Phi) is 6.77. The van der Waals surface area contributed by atoms with E-state index in [4.69, 9.17) is 14.2 Å². The topological polar surface area (TPSA) is 65.1 Å². The van der Waals surface area contributed by atoms with Gasteiger partial charge in [-0.3, -0.25) is 4.79 Å². The van der Waals surface area contributed by atoms with Gasteiger partial charge in [0.2, 0.25) is 0 Å². The summed E-state index contributed by atoms with van der Waals surface area (Å²) in [6.45, 7) is 5.87. The number of carbonyl (C=O) groups is 2. The van der Waals surface area contributed by atoms with E-state index in [9.17, 15) is 9.59 Å². The van der Waals surface area contributed by atoms with Gasteiger partial charge in [0.05, 0.1) is 0 Å². The van der Waals surface area contributed by atoms with Crippen molar-refractivity contribution < 1.29 is 23.8 Å². The van der Waals surface area contributed by atoms with E-state index in [1.54, 1.807) is 20.8 Å². The predicted molar refractivity (Wildman–Crippen MR) is 113 cm³/mol. The molecular formula is C24H27NO5. The highest BCUT2D eigenvalue weighted by Crippen LogP contribution is 2.26. The summed E-state index contributed by atoms with van der Waals surface area (Å²) in [5, 5.41) is 0. The second-order valence-corrected chi connectivity index (χ2v) is 7.95. The summed E-state index contributed by atoms with van der Waals surface area (Å²) in [5.41, 5.74) is 0.280. The Balaban J connectivity index is 1.68. The van der Waals surface area contributed by atoms with Crippen LogP contribution in [0.1, 0.15) is 26.3 Å². The maximum Gasteiger partial charge on any atom is 0.418 e. The van der Waals surface area contributed by atoms with E-state index in [1.165, 1.54) is 6.08 Å². The van der Waals surface area contributed by atoms with Crippen LogP contribution < -0.4 is 4.74 Å². The quantitative estimate of drug-likeness (QED) is 0.636. The molecule has 1 unspecified atom stereocenters. The van der Waals surface area contributed by atoms with Crippen molar-refractivity contribution >= 4 is 12.0 Å². The van der Waals surface area contributed by atoms with Crippen LogP contribution in [0.25, 0.3) is 0 Å². The summed E-state index contributed by atoms with van der Waals surface area (Å²) in [6, 6.07) is 18.5. The molecule has 2 aromatic rings. The van der Waals surface area contributed by atoms with Crippen molar-refractivity contribution in [3.8, 4) is 5.75 Å². The third kappa shape index (κ3) is 5.86. The lowest BCUT2D eigenvalue weighted by Crippen LogP contribution is -2.44. The molecule has 1 heterocycles. The molecule has 30 heavy (non-hydrogen) atoms. The van der Waals surface area contributed by atoms with Crippen molar-refractivity contribution in [2.45, 2.75) is 38.8 Å². The average molecular weight is 409 g/mol. The molecule has 0 radical (unpaired) electrons. The first-order valence-electron chi connectivity index (χ1n) is 9.96. The zero-order chi connectivity index (χ0) is 21.6. The fraction of sp³-hybridized carbons (Fsp3) is 0.333. The van der Waals surface area contributed by atoms with Gasteiger partial charge in [-0.15, -0.1) is 0 Å². The number of carbonyl (C=O) groups excluding carboxylic acids is 2. The largest absolute Gasteiger partial charge is 0.492 e. The van der Waals surface area contributed by atoms with Gasteiger partial charge in [0, 0.05) is 12.5 Å². The van der Waals surface area contributed by atoms with Crippen molar-refractivity contribution in [2.75, 3.05) is 13.2 Å². The molecule has 6 heteroatoms. The Bertz CT molecular complexity index is 887. The summed E-state index contributed by atoms with van der Waals surface area (Å²) < 4.78 is 16.9. The van der Waals surface area contributed by atoms with Crippen LogP contribution in [0.4, 0.5) is 4.79 Å². The maximum atomic E-state index is 12.7. The molecular weight excluding hydrogens is 382 g/mol. The van der Waals surface area contributed by atoms with Crippen LogP contribution in [-0.2, 0) is 20.7 Å². The van der Waals surface area contributed by atoms with Crippen LogP contribution in [-0.4, -0.2) is 41.8 Å². The van der Waals surface area contributed by atoms with E-state index >= 15 is 0 Å². The van der Waals surface area contributed by atoms with Gasteiger partial charge in [0.1, 0.15) is 36.4 Å². The molecule has 1 aliphatic heterocycles. The third-order valence-corrected chi connectivity index (χ3v) is 4.37. The Hall–Kier alpha value is -3.28. The summed E-state index contributed by atoms with van der Waals surface area (Å²) in [7, 11) is 0. The van der Waals surface area contributed by atoms with Gasteiger partial charge in [-0.2, -0.15) is 0 Å². The number of rotatable bonds is 7. The zero-order valence-corrected chi connectivity index (χ0v) is 17.5. The molecule has 2 amide bonds. The zero-order valence-electron chi connectivity index (χ0n) is 17.5. The number of ether oxygens (including phenoxy) is 3. The molecule has 0 aliphatic carbocycles. The first-order chi connectivity index (χ1) is 14.3. The van der Waals surface area contributed by atoms with Gasteiger partial charge in [-0.05, 0) is 38.5 Å². The Labute approximate surface area is 177 Å². The van der Waals surface area contributed by atoms with Gasteiger partial charge < -0.3 is 14.2 Å². The highest BCUT2D eigenvalue weighted by molar-refractivity contribution is 6.02. The van der Waals surface area contributed by atoms with Crippen LogP contribution in [0.5, 0.6) is 5.75 Å². The van der Waals surface area contributed by atoms with E-state index in [0.29, 0.717) is 18.8 Å². The number of nitrogens with zero attached hydrogens (tertiary/aromatic N) is 1. The highest BCUT2D eigenvalue weighted by atomic mass is 16.6. The summed E-state index contributed by atoms with van der Waals surface area (Å²) in [4.78, 5) is 26.4. The lowest BCUT2D eigenvalue weighted by Gasteiger charge is -2.28. The van der Waals surface area contributed by atoms with Crippen molar-refractivity contribution in [2.24, 2.45) is 0 Å². The maximum absolute atomic E-state index is 12.7. The monoisotopic (exact) mass is 409 g/mol. The first kappa shape index (κ1) is 21.4. The van der Waals surface area contributed by atoms with Gasteiger partial charge in [0.15, 0.2) is 0 Å². The van der Waals surface area contributed by atoms with E-state index in [1.807, 2.05) is 60.7 Å². The minimum absolute atomic E-state index is 0.251. The van der Waals surface area contributed by atoms with Gasteiger partial charge >= 0.3 is 6.09 Å². The van der Waals surface area contributed by atoms with Crippen LogP contribution in [0.15, 0.2) is 72.5 Å². The molecule has 0 aromatic heterocycles. The van der Waals surface area contributed by atoms with Crippen molar-refractivity contribution in [3.63, 3.8) is 0 Å². The Morgan fingerprint density at radius 3 is 2.17 bits per heavy atom. The lowest BCUT2D eigenvalue weighted by atomic mass is 10.0. The minimum atomic E-state index is -0.707. The molecule has 6 nitrogen and oxygen atoms in total. The summed E-state index contributed by atoms with van der Waals surface area (Å²) in [6.07, 6.45) is 1.13. The summed E-state index contributed by atoms with van der Waals surface area (Å²) >= 11 is 0. The second-order valence-electron chi connectivity index (χ2n) is 7.95. The second kappa shape index (κ2) is 9.48. The fourth-order valence-corrected chi connectivity index (χ4v) is 3.10. The van der Waals surface area contributed by atoms with Crippen molar-refractivity contribution in [3.05, 3.63) is 78.1 Å². The van der Waals surface area contributed by atoms with E-state index in [2.05, 4.69) is 0 Å². The molecule has 0 fully saturated rings. The number of hydrogen-bond acceptors (Lipinski definition) is 5. The van der Waals surface area contributed by atoms with Gasteiger partial charge in [0.25, 0.3) is 5.91 Å². The van der Waals surface area contributed by atoms with E-state index in [-0.39, 0.29) is 6.61 Å². The smallest absolute Gasteiger partial charge is 0.418 e. The van der Waals surface area contributed by atoms with Crippen LogP contribution in [0, 0.1) is 0 Å². The number of benzene rings is 2. The van der Waals surface area contributed by atoms with Crippen LogP contribution in [0.2, 0.25) is 0 Å². The Morgan fingerprint density at radius 2 is 1.53 bits per heavy atom. The SMILES string of the molecule is CC(C)(C)OC(=O)N1C(=O)C=C(OCCOc2ccccc2)C1Cc1ccccc1. The number of hydrogen-bond donors (Lipinski definition) is 0. The number of para-hydroxylation sites is 1. The van der Waals surface area contributed by atoms with E-state index in [0.717, 1.165) is 16.2 Å². The molecule has 0 spiro atoms. The van der Waals surface area contributed by atoms with Gasteiger partial charge in [-0.25, -0.2) is 9.69 Å². The number of imide groups is 1. The molecule has 0 N–H and O–H groups in total. The molecule has 3 rings (SSSR count). The third-order valence-electron chi connectivity index (χ3n) is 4.37. The van der Waals surface area contributed by atoms with Gasteiger partial charge in [-0.1, -0.05) is 48.5 Å². The molecule has 1 aliphatic rings. The molecule has 2 aromatic carbocycles. The van der Waals surface area contributed by atoms with Crippen molar-refractivity contribution in [1.29, 1.82) is 0 Å². The average Bonchev–Trinajstić information content (AvgIpc) is 3.00. The lowest BCUT2D eigenvalue weighted by molar-refractivity contribution is -0.125. The standard InChI is InChI=1S/C24H27NO5/c1-24(2,3)30-23(27)25-20(16-18-10-6-4-7-11-18)21(17-22(25)26)29-15-14-28-19-12-8-5-9-13-19/h4-13,17,20H,14-16H2,1-3H3. The predicted octanol–water partition coefficient (Wildman–Crippen LogP) is 4.35. The van der Waals surface area contributed by atoms with Crippen LogP contribution >= 0.6 is 0 Å². The Morgan fingerprint density at radius 1 is 0.933 bits per heavy atom. The first-order valence-corrected chi connectivity index (χ1v) is 9.96. The molecule has 0 bridgehead atoms. The molecule has 1 atom stereocenters. The number of amides is 2. The highest BCUT2D eigenvalue weighted by Gasteiger charge is 2.41.